The molecule has 0 spiro atoms. The third-order valence-electron chi connectivity index (χ3n) is 4.74. The van der Waals surface area contributed by atoms with E-state index in [1.54, 1.807) is 6.26 Å². The topological polar surface area (TPSA) is 82.7 Å². The predicted molar refractivity (Wildman–Crippen MR) is 103 cm³/mol. The van der Waals surface area contributed by atoms with E-state index in [9.17, 15) is 5.11 Å². The Morgan fingerprint density at radius 1 is 1.27 bits per heavy atom. The van der Waals surface area contributed by atoms with E-state index in [-0.39, 0.29) is 6.10 Å². The van der Waals surface area contributed by atoms with Gasteiger partial charge in [0.05, 0.1) is 12.6 Å². The van der Waals surface area contributed by atoms with Gasteiger partial charge in [0.15, 0.2) is 5.96 Å². The highest BCUT2D eigenvalue weighted by atomic mass is 16.3. The molecule has 1 heterocycles. The number of oxazole rings is 1. The van der Waals surface area contributed by atoms with Crippen LogP contribution in [0.3, 0.4) is 0 Å². The Morgan fingerprint density at radius 2 is 2.08 bits per heavy atom. The minimum Gasteiger partial charge on any atom is -0.444 e. The lowest BCUT2D eigenvalue weighted by atomic mass is 10.1. The van der Waals surface area contributed by atoms with Crippen LogP contribution in [-0.4, -0.2) is 35.2 Å². The molecule has 6 heteroatoms. The van der Waals surface area contributed by atoms with E-state index in [1.807, 2.05) is 31.2 Å². The normalized spacial score (nSPS) is 20.3. The highest BCUT2D eigenvalue weighted by Gasteiger charge is 2.24. The monoisotopic (exact) mass is 356 g/mol. The maximum absolute atomic E-state index is 9.95. The summed E-state index contributed by atoms with van der Waals surface area (Å²) in [6.07, 6.45) is 4.53. The largest absolute Gasteiger partial charge is 0.444 e. The summed E-state index contributed by atoms with van der Waals surface area (Å²) in [5.41, 5.74) is 2.96. The lowest BCUT2D eigenvalue weighted by molar-refractivity contribution is 0.134. The van der Waals surface area contributed by atoms with Gasteiger partial charge in [0.1, 0.15) is 12.0 Å². The molecule has 0 bridgehead atoms. The van der Waals surface area contributed by atoms with Crippen LogP contribution in [0.1, 0.15) is 37.4 Å². The van der Waals surface area contributed by atoms with Crippen molar-refractivity contribution < 1.29 is 9.52 Å². The van der Waals surface area contributed by atoms with Gasteiger partial charge >= 0.3 is 0 Å². The molecular weight excluding hydrogens is 328 g/mol. The van der Waals surface area contributed by atoms with Crippen molar-refractivity contribution in [3.05, 3.63) is 41.8 Å². The number of aliphatic hydroxyl groups excluding tert-OH is 1. The van der Waals surface area contributed by atoms with Crippen LogP contribution < -0.4 is 10.6 Å². The van der Waals surface area contributed by atoms with E-state index in [1.165, 1.54) is 5.56 Å². The third kappa shape index (κ3) is 4.85. The standard InChI is InChI=1S/C20H28N4O2/c1-3-21-20(22-11-16-5-4-6-18(16)25)23-12-17-13-26-19(24-17)15-9-7-14(2)8-10-15/h7-10,13,16,18,25H,3-6,11-12H2,1-2H3,(H2,21,22,23). The van der Waals surface area contributed by atoms with Gasteiger partial charge in [0.25, 0.3) is 0 Å². The minimum absolute atomic E-state index is 0.196. The van der Waals surface area contributed by atoms with Crippen molar-refractivity contribution in [1.29, 1.82) is 0 Å². The SMILES string of the molecule is CCNC(=NCc1coc(-c2ccc(C)cc2)n1)NCC1CCCC1O. The van der Waals surface area contributed by atoms with Crippen LogP contribution in [0.15, 0.2) is 39.9 Å². The highest BCUT2D eigenvalue weighted by Crippen LogP contribution is 2.24. The lowest BCUT2D eigenvalue weighted by Crippen LogP contribution is -2.41. The smallest absolute Gasteiger partial charge is 0.226 e. The Bertz CT molecular complexity index is 724. The lowest BCUT2D eigenvalue weighted by Gasteiger charge is -2.17. The first-order valence-electron chi connectivity index (χ1n) is 9.37. The number of hydrogen-bond donors (Lipinski definition) is 3. The van der Waals surface area contributed by atoms with Crippen LogP contribution >= 0.6 is 0 Å². The number of nitrogens with one attached hydrogen (secondary N) is 2. The summed E-state index contributed by atoms with van der Waals surface area (Å²) in [5, 5.41) is 16.5. The van der Waals surface area contributed by atoms with E-state index >= 15 is 0 Å². The van der Waals surface area contributed by atoms with Gasteiger partial charge in [-0.05, 0) is 38.8 Å². The predicted octanol–water partition coefficient (Wildman–Crippen LogP) is 2.87. The van der Waals surface area contributed by atoms with Crippen LogP contribution in [0.2, 0.25) is 0 Å². The van der Waals surface area contributed by atoms with Crippen LogP contribution in [0.5, 0.6) is 0 Å². The molecule has 1 aromatic heterocycles. The number of aliphatic hydroxyl groups is 1. The van der Waals surface area contributed by atoms with Gasteiger partial charge in [0.2, 0.25) is 5.89 Å². The van der Waals surface area contributed by atoms with Gasteiger partial charge in [-0.2, -0.15) is 0 Å². The first-order chi connectivity index (χ1) is 12.7. The molecule has 2 unspecified atom stereocenters. The Balaban J connectivity index is 1.59. The summed E-state index contributed by atoms with van der Waals surface area (Å²) in [7, 11) is 0. The average Bonchev–Trinajstić information content (AvgIpc) is 3.27. The van der Waals surface area contributed by atoms with Crippen molar-refractivity contribution in [2.45, 2.75) is 45.8 Å². The average molecular weight is 356 g/mol. The first-order valence-corrected chi connectivity index (χ1v) is 9.37. The van der Waals surface area contributed by atoms with Gasteiger partial charge in [-0.25, -0.2) is 9.98 Å². The fourth-order valence-corrected chi connectivity index (χ4v) is 3.19. The van der Waals surface area contributed by atoms with E-state index in [2.05, 4.69) is 27.5 Å². The summed E-state index contributed by atoms with van der Waals surface area (Å²) in [4.78, 5) is 9.10. The fourth-order valence-electron chi connectivity index (χ4n) is 3.19. The zero-order chi connectivity index (χ0) is 18.4. The van der Waals surface area contributed by atoms with E-state index in [4.69, 9.17) is 4.42 Å². The number of hydrogen-bond acceptors (Lipinski definition) is 4. The van der Waals surface area contributed by atoms with Crippen molar-refractivity contribution in [3.63, 3.8) is 0 Å². The molecule has 0 radical (unpaired) electrons. The maximum atomic E-state index is 9.95. The van der Waals surface area contributed by atoms with Gasteiger partial charge in [-0.3, -0.25) is 0 Å². The van der Waals surface area contributed by atoms with E-state index < -0.39 is 0 Å². The van der Waals surface area contributed by atoms with Crippen LogP contribution in [0, 0.1) is 12.8 Å². The Morgan fingerprint density at radius 3 is 2.77 bits per heavy atom. The van der Waals surface area contributed by atoms with Crippen LogP contribution in [0.25, 0.3) is 11.5 Å². The van der Waals surface area contributed by atoms with Crippen molar-refractivity contribution >= 4 is 5.96 Å². The Kier molecular flexibility index (Phi) is 6.28. The summed E-state index contributed by atoms with van der Waals surface area (Å²) >= 11 is 0. The molecule has 1 saturated carbocycles. The van der Waals surface area contributed by atoms with Crippen molar-refractivity contribution in [2.75, 3.05) is 13.1 Å². The number of nitrogens with zero attached hydrogens (tertiary/aromatic N) is 2. The number of guanidine groups is 1. The summed E-state index contributed by atoms with van der Waals surface area (Å²) in [6, 6.07) is 8.10. The molecular formula is C20H28N4O2. The van der Waals surface area contributed by atoms with Gasteiger partial charge in [-0.1, -0.05) is 24.1 Å². The number of aliphatic imine (C=N–C) groups is 1. The van der Waals surface area contributed by atoms with Crippen molar-refractivity contribution in [3.8, 4) is 11.5 Å². The number of aromatic nitrogens is 1. The molecule has 26 heavy (non-hydrogen) atoms. The third-order valence-corrected chi connectivity index (χ3v) is 4.74. The minimum atomic E-state index is -0.196. The molecule has 2 aromatic rings. The summed E-state index contributed by atoms with van der Waals surface area (Å²) < 4.78 is 5.58. The maximum Gasteiger partial charge on any atom is 0.226 e. The Labute approximate surface area is 154 Å². The summed E-state index contributed by atoms with van der Waals surface area (Å²) in [5.74, 6) is 1.66. The highest BCUT2D eigenvalue weighted by molar-refractivity contribution is 5.79. The number of rotatable bonds is 6. The molecule has 1 aliphatic carbocycles. The zero-order valence-corrected chi connectivity index (χ0v) is 15.5. The second-order valence-corrected chi connectivity index (χ2v) is 6.84. The molecule has 0 saturated heterocycles. The van der Waals surface area contributed by atoms with Gasteiger partial charge in [-0.15, -0.1) is 0 Å². The summed E-state index contributed by atoms with van der Waals surface area (Å²) in [6.45, 7) is 6.05. The number of benzene rings is 1. The quantitative estimate of drug-likeness (QED) is 0.548. The van der Waals surface area contributed by atoms with Crippen LogP contribution in [-0.2, 0) is 6.54 Å². The van der Waals surface area contributed by atoms with E-state index in [0.717, 1.165) is 49.6 Å². The Hall–Kier alpha value is -2.34. The molecule has 140 valence electrons. The fraction of sp³-hybridized carbons (Fsp3) is 0.500. The molecule has 3 N–H and O–H groups in total. The molecule has 1 aromatic carbocycles. The molecule has 1 fully saturated rings. The molecule has 6 nitrogen and oxygen atoms in total. The van der Waals surface area contributed by atoms with Crippen LogP contribution in [0.4, 0.5) is 0 Å². The first kappa shape index (κ1) is 18.5. The zero-order valence-electron chi connectivity index (χ0n) is 15.5. The van der Waals surface area contributed by atoms with Crippen molar-refractivity contribution in [2.24, 2.45) is 10.9 Å². The molecule has 1 aliphatic rings. The second kappa shape index (κ2) is 8.85. The van der Waals surface area contributed by atoms with E-state index in [0.29, 0.717) is 18.4 Å². The van der Waals surface area contributed by atoms with Gasteiger partial charge < -0.3 is 20.2 Å². The molecule has 0 amide bonds. The molecule has 0 aliphatic heterocycles. The second-order valence-electron chi connectivity index (χ2n) is 6.84. The van der Waals surface area contributed by atoms with Gasteiger partial charge in [0, 0.05) is 24.6 Å². The number of aryl methyl sites for hydroxylation is 1. The molecule has 3 rings (SSSR count). The molecule has 2 atom stereocenters. The van der Waals surface area contributed by atoms with Crippen molar-refractivity contribution in [1.82, 2.24) is 15.6 Å².